The molecule has 0 aromatic heterocycles. The lowest BCUT2D eigenvalue weighted by Crippen LogP contribution is -2.38. The Kier molecular flexibility index (Phi) is 6.72. The maximum absolute atomic E-state index is 11.4. The summed E-state index contributed by atoms with van der Waals surface area (Å²) in [5, 5.41) is 13.0. The predicted octanol–water partition coefficient (Wildman–Crippen LogP) is 1.86. The van der Waals surface area contributed by atoms with Crippen molar-refractivity contribution in [2.24, 2.45) is 0 Å². The van der Waals surface area contributed by atoms with Gasteiger partial charge < -0.3 is 15.2 Å². The second kappa shape index (κ2) is 6.97. The van der Waals surface area contributed by atoms with E-state index >= 15 is 0 Å². The average Bonchev–Trinajstić information content (AvgIpc) is 2.09. The van der Waals surface area contributed by atoms with Gasteiger partial charge in [-0.25, -0.2) is 0 Å². The summed E-state index contributed by atoms with van der Waals surface area (Å²) in [6, 6.07) is 0. The fraction of sp³-hybridized carbons (Fsp3) is 0.923. The van der Waals surface area contributed by atoms with Gasteiger partial charge in [0.25, 0.3) is 0 Å². The number of rotatable bonds is 7. The molecule has 0 aliphatic heterocycles. The Morgan fingerprint density at radius 2 is 1.88 bits per heavy atom. The lowest BCUT2D eigenvalue weighted by atomic mass is 10.0. The fourth-order valence-electron chi connectivity index (χ4n) is 1.57. The summed E-state index contributed by atoms with van der Waals surface area (Å²) < 4.78 is 5.18. The van der Waals surface area contributed by atoms with E-state index in [-0.39, 0.29) is 5.97 Å². The summed E-state index contributed by atoms with van der Waals surface area (Å²) in [6.07, 6.45) is 2.03. The highest BCUT2D eigenvalue weighted by Crippen LogP contribution is 2.10. The summed E-state index contributed by atoms with van der Waals surface area (Å²) in [6.45, 7) is 10.4. The van der Waals surface area contributed by atoms with Crippen LogP contribution in [0.4, 0.5) is 0 Å². The number of esters is 1. The van der Waals surface area contributed by atoms with Gasteiger partial charge in [0.2, 0.25) is 0 Å². The average molecular weight is 245 g/mol. The highest BCUT2D eigenvalue weighted by atomic mass is 16.6. The molecule has 4 heteroatoms. The molecule has 0 saturated heterocycles. The van der Waals surface area contributed by atoms with Crippen molar-refractivity contribution in [3.05, 3.63) is 0 Å². The minimum Gasteiger partial charge on any atom is -0.460 e. The minimum absolute atomic E-state index is 0.208. The van der Waals surface area contributed by atoms with Crippen LogP contribution in [0.25, 0.3) is 0 Å². The quantitative estimate of drug-likeness (QED) is 0.531. The van der Waals surface area contributed by atoms with E-state index in [0.717, 1.165) is 12.8 Å². The van der Waals surface area contributed by atoms with Gasteiger partial charge in [-0.05, 0) is 34.1 Å². The first-order valence-electron chi connectivity index (χ1n) is 6.31. The van der Waals surface area contributed by atoms with Gasteiger partial charge in [-0.1, -0.05) is 13.3 Å². The number of hydrogen-bond donors (Lipinski definition) is 2. The van der Waals surface area contributed by atoms with E-state index in [4.69, 9.17) is 4.74 Å². The van der Waals surface area contributed by atoms with Crippen molar-refractivity contribution in [1.82, 2.24) is 5.32 Å². The van der Waals surface area contributed by atoms with E-state index in [1.807, 2.05) is 27.7 Å². The second-order valence-electron chi connectivity index (χ2n) is 5.76. The third kappa shape index (κ3) is 10.3. The molecular formula is C13H27NO3. The summed E-state index contributed by atoms with van der Waals surface area (Å²) in [4.78, 5) is 11.4. The SMILES string of the molecule is CCCC(C)(O)CNCCC(=O)OC(C)(C)C. The number of nitrogens with one attached hydrogen (secondary N) is 1. The molecule has 17 heavy (non-hydrogen) atoms. The number of ether oxygens (including phenoxy) is 1. The van der Waals surface area contributed by atoms with Gasteiger partial charge in [-0.15, -0.1) is 0 Å². The van der Waals surface area contributed by atoms with Crippen molar-refractivity contribution in [3.8, 4) is 0 Å². The molecule has 1 atom stereocenters. The first kappa shape index (κ1) is 16.4. The molecule has 4 nitrogen and oxygen atoms in total. The molecule has 0 fully saturated rings. The largest absolute Gasteiger partial charge is 0.460 e. The molecule has 0 saturated carbocycles. The first-order valence-corrected chi connectivity index (χ1v) is 6.31. The zero-order chi connectivity index (χ0) is 13.5. The highest BCUT2D eigenvalue weighted by Gasteiger charge is 2.19. The molecule has 0 rings (SSSR count). The van der Waals surface area contributed by atoms with Crippen LogP contribution < -0.4 is 5.32 Å². The number of carbonyl (C=O) groups is 1. The van der Waals surface area contributed by atoms with E-state index in [0.29, 0.717) is 19.5 Å². The molecule has 0 amide bonds. The summed E-state index contributed by atoms with van der Waals surface area (Å²) >= 11 is 0. The Balaban J connectivity index is 3.68. The fourth-order valence-corrected chi connectivity index (χ4v) is 1.57. The molecule has 0 aliphatic rings. The zero-order valence-electron chi connectivity index (χ0n) is 11.8. The molecule has 0 spiro atoms. The number of hydrogen-bond acceptors (Lipinski definition) is 4. The van der Waals surface area contributed by atoms with Gasteiger partial charge in [0.05, 0.1) is 12.0 Å². The van der Waals surface area contributed by atoms with E-state index < -0.39 is 11.2 Å². The standard InChI is InChI=1S/C13H27NO3/c1-6-8-13(5,16)10-14-9-7-11(15)17-12(2,3)4/h14,16H,6-10H2,1-5H3. The first-order chi connectivity index (χ1) is 7.66. The van der Waals surface area contributed by atoms with Gasteiger partial charge in [0.1, 0.15) is 5.60 Å². The molecule has 2 N–H and O–H groups in total. The minimum atomic E-state index is -0.692. The summed E-state index contributed by atoms with van der Waals surface area (Å²) in [5.74, 6) is -0.208. The van der Waals surface area contributed by atoms with Crippen LogP contribution in [0, 0.1) is 0 Å². The van der Waals surface area contributed by atoms with Crippen LogP contribution >= 0.6 is 0 Å². The third-order valence-corrected chi connectivity index (χ3v) is 2.22. The van der Waals surface area contributed by atoms with Crippen LogP contribution in [0.3, 0.4) is 0 Å². The molecule has 1 unspecified atom stereocenters. The van der Waals surface area contributed by atoms with Gasteiger partial charge >= 0.3 is 5.97 Å². The highest BCUT2D eigenvalue weighted by molar-refractivity contribution is 5.70. The molecule has 0 aromatic carbocycles. The Labute approximate surface area is 105 Å². The Morgan fingerprint density at radius 1 is 1.29 bits per heavy atom. The van der Waals surface area contributed by atoms with Gasteiger partial charge in [0, 0.05) is 13.1 Å². The van der Waals surface area contributed by atoms with Crippen LogP contribution in [0.1, 0.15) is 53.9 Å². The molecular weight excluding hydrogens is 218 g/mol. The van der Waals surface area contributed by atoms with E-state index in [9.17, 15) is 9.90 Å². The van der Waals surface area contributed by atoms with Gasteiger partial charge in [-0.3, -0.25) is 4.79 Å². The molecule has 0 aromatic rings. The summed E-state index contributed by atoms with van der Waals surface area (Å²) in [7, 11) is 0. The van der Waals surface area contributed by atoms with Crippen molar-refractivity contribution in [2.45, 2.75) is 65.1 Å². The van der Waals surface area contributed by atoms with Crippen LogP contribution in [-0.2, 0) is 9.53 Å². The van der Waals surface area contributed by atoms with Crippen LogP contribution in [0.2, 0.25) is 0 Å². The number of aliphatic hydroxyl groups is 1. The molecule has 0 bridgehead atoms. The summed E-state index contributed by atoms with van der Waals surface area (Å²) in [5.41, 5.74) is -1.12. The van der Waals surface area contributed by atoms with Crippen molar-refractivity contribution >= 4 is 5.97 Å². The van der Waals surface area contributed by atoms with Crippen molar-refractivity contribution < 1.29 is 14.6 Å². The Hall–Kier alpha value is -0.610. The van der Waals surface area contributed by atoms with Crippen molar-refractivity contribution in [3.63, 3.8) is 0 Å². The Morgan fingerprint density at radius 3 is 2.35 bits per heavy atom. The van der Waals surface area contributed by atoms with Crippen molar-refractivity contribution in [1.29, 1.82) is 0 Å². The predicted molar refractivity (Wildman–Crippen MR) is 68.9 cm³/mol. The molecule has 102 valence electrons. The van der Waals surface area contributed by atoms with E-state index in [2.05, 4.69) is 5.32 Å². The normalized spacial score (nSPS) is 15.4. The van der Waals surface area contributed by atoms with Gasteiger partial charge in [-0.2, -0.15) is 0 Å². The number of carbonyl (C=O) groups excluding carboxylic acids is 1. The smallest absolute Gasteiger partial charge is 0.307 e. The lowest BCUT2D eigenvalue weighted by Gasteiger charge is -2.23. The Bertz CT molecular complexity index is 231. The second-order valence-corrected chi connectivity index (χ2v) is 5.76. The maximum Gasteiger partial charge on any atom is 0.307 e. The van der Waals surface area contributed by atoms with E-state index in [1.165, 1.54) is 0 Å². The lowest BCUT2D eigenvalue weighted by molar-refractivity contribution is -0.154. The van der Waals surface area contributed by atoms with E-state index in [1.54, 1.807) is 6.92 Å². The molecule has 0 radical (unpaired) electrons. The monoisotopic (exact) mass is 245 g/mol. The van der Waals surface area contributed by atoms with Crippen LogP contribution in [0.15, 0.2) is 0 Å². The van der Waals surface area contributed by atoms with Crippen LogP contribution in [-0.4, -0.2) is 35.4 Å². The maximum atomic E-state index is 11.4. The molecule has 0 heterocycles. The van der Waals surface area contributed by atoms with Crippen LogP contribution in [0.5, 0.6) is 0 Å². The molecule has 0 aliphatic carbocycles. The van der Waals surface area contributed by atoms with Crippen molar-refractivity contribution in [2.75, 3.05) is 13.1 Å². The third-order valence-electron chi connectivity index (χ3n) is 2.22. The van der Waals surface area contributed by atoms with Gasteiger partial charge in [0.15, 0.2) is 0 Å². The zero-order valence-corrected chi connectivity index (χ0v) is 11.8. The topological polar surface area (TPSA) is 58.6 Å².